The molecule has 11 heavy (non-hydrogen) atoms. The van der Waals surface area contributed by atoms with Gasteiger partial charge in [0.05, 0.1) is 0 Å². The molecule has 0 fully saturated rings. The third-order valence-electron chi connectivity index (χ3n) is 1.57. The first-order valence-corrected chi connectivity index (χ1v) is 5.49. The van der Waals surface area contributed by atoms with Crippen LogP contribution in [-0.2, 0) is 0 Å². The zero-order chi connectivity index (χ0) is 7.84. The molecule has 1 aromatic carbocycles. The Kier molecular flexibility index (Phi) is 1.83. The van der Waals surface area contributed by atoms with Crippen molar-refractivity contribution in [3.05, 3.63) is 22.2 Å². The summed E-state index contributed by atoms with van der Waals surface area (Å²) in [6.07, 6.45) is 0. The molecule has 0 unspecified atom stereocenters. The molecule has 56 valence electrons. The summed E-state index contributed by atoms with van der Waals surface area (Å²) in [6.45, 7) is 2.06. The summed E-state index contributed by atoms with van der Waals surface area (Å²) >= 11 is 3.52. The fourth-order valence-corrected chi connectivity index (χ4v) is 2.93. The Bertz CT molecular complexity index is 360. The molecular formula is C7H5BrN2Se. The van der Waals surface area contributed by atoms with Gasteiger partial charge in [-0.2, -0.15) is 0 Å². The first-order chi connectivity index (χ1) is 5.29. The van der Waals surface area contributed by atoms with Gasteiger partial charge in [-0.15, -0.1) is 0 Å². The van der Waals surface area contributed by atoms with Crippen LogP contribution < -0.4 is 0 Å². The fourth-order valence-electron chi connectivity index (χ4n) is 0.960. The van der Waals surface area contributed by atoms with E-state index in [0.29, 0.717) is 0 Å². The Morgan fingerprint density at radius 2 is 2.00 bits per heavy atom. The molecule has 0 amide bonds. The molecule has 4 heteroatoms. The number of hydrogen-bond donors (Lipinski definition) is 0. The van der Waals surface area contributed by atoms with Crippen LogP contribution in [0.1, 0.15) is 5.56 Å². The van der Waals surface area contributed by atoms with E-state index in [-0.39, 0.29) is 15.0 Å². The summed E-state index contributed by atoms with van der Waals surface area (Å²) < 4.78 is 9.69. The molecular weight excluding hydrogens is 271 g/mol. The predicted octanol–water partition coefficient (Wildman–Crippen LogP) is 1.76. The second-order valence-electron chi connectivity index (χ2n) is 2.33. The molecule has 1 aromatic heterocycles. The average molecular weight is 276 g/mol. The third-order valence-corrected chi connectivity index (χ3v) is 3.32. The summed E-state index contributed by atoms with van der Waals surface area (Å²) in [6, 6.07) is 4.08. The summed E-state index contributed by atoms with van der Waals surface area (Å²) in [4.78, 5) is 0. The van der Waals surface area contributed by atoms with Gasteiger partial charge in [-0.05, 0) is 0 Å². The molecule has 1 heterocycles. The number of benzene rings is 1. The second-order valence-corrected chi connectivity index (χ2v) is 4.29. The molecule has 0 radical (unpaired) electrons. The van der Waals surface area contributed by atoms with Crippen molar-refractivity contribution in [2.75, 3.05) is 0 Å². The van der Waals surface area contributed by atoms with Gasteiger partial charge in [-0.1, -0.05) is 0 Å². The summed E-state index contributed by atoms with van der Waals surface area (Å²) in [5, 5.41) is 0. The Balaban J connectivity index is 2.96. The number of hydrogen-bond acceptors (Lipinski definition) is 2. The van der Waals surface area contributed by atoms with Crippen LogP contribution in [0.4, 0.5) is 0 Å². The van der Waals surface area contributed by atoms with E-state index in [1.165, 1.54) is 5.56 Å². The van der Waals surface area contributed by atoms with E-state index >= 15 is 0 Å². The summed E-state index contributed by atoms with van der Waals surface area (Å²) in [5.41, 5.74) is 3.32. The zero-order valence-corrected chi connectivity index (χ0v) is 9.13. The molecule has 2 aromatic rings. The van der Waals surface area contributed by atoms with Crippen LogP contribution in [-0.4, -0.2) is 22.9 Å². The Labute approximate surface area is 79.0 Å². The van der Waals surface area contributed by atoms with Crippen LogP contribution in [0.2, 0.25) is 0 Å². The molecule has 0 N–H and O–H groups in total. The van der Waals surface area contributed by atoms with Crippen LogP contribution in [0.5, 0.6) is 0 Å². The van der Waals surface area contributed by atoms with E-state index in [0.717, 1.165) is 15.5 Å². The fraction of sp³-hybridized carbons (Fsp3) is 0.143. The minimum absolute atomic E-state index is 0.0803. The molecule has 0 aliphatic rings. The van der Waals surface area contributed by atoms with Crippen molar-refractivity contribution >= 4 is 41.9 Å². The van der Waals surface area contributed by atoms with E-state index in [4.69, 9.17) is 0 Å². The van der Waals surface area contributed by atoms with Gasteiger partial charge < -0.3 is 0 Å². The number of nitrogens with zero attached hydrogens (tertiary/aromatic N) is 2. The van der Waals surface area contributed by atoms with Gasteiger partial charge in [-0.25, -0.2) is 0 Å². The van der Waals surface area contributed by atoms with Crippen LogP contribution >= 0.6 is 15.9 Å². The van der Waals surface area contributed by atoms with Gasteiger partial charge >= 0.3 is 79.0 Å². The van der Waals surface area contributed by atoms with Crippen molar-refractivity contribution in [3.63, 3.8) is 0 Å². The minimum atomic E-state index is 0.0803. The number of halogens is 1. The van der Waals surface area contributed by atoms with E-state index in [1.807, 2.05) is 6.07 Å². The number of aryl methyl sites for hydroxylation is 1. The molecule has 2 nitrogen and oxygen atoms in total. The van der Waals surface area contributed by atoms with Gasteiger partial charge in [-0.3, -0.25) is 0 Å². The summed E-state index contributed by atoms with van der Waals surface area (Å²) in [7, 11) is 0. The van der Waals surface area contributed by atoms with Crippen LogP contribution in [0.15, 0.2) is 16.6 Å². The molecule has 0 spiro atoms. The van der Waals surface area contributed by atoms with Gasteiger partial charge in [0.2, 0.25) is 0 Å². The number of aromatic nitrogens is 2. The van der Waals surface area contributed by atoms with Crippen molar-refractivity contribution in [3.8, 4) is 0 Å². The molecule has 0 aliphatic heterocycles. The second kappa shape index (κ2) is 2.70. The average Bonchev–Trinajstić information content (AvgIpc) is 2.45. The van der Waals surface area contributed by atoms with Crippen LogP contribution in [0, 0.1) is 6.92 Å². The molecule has 0 aliphatic carbocycles. The standard InChI is InChI=1S/C7H5BrN2Se/c1-4-2-3-5(8)7-6(4)9-11-10-7/h2-3H,1H3. The van der Waals surface area contributed by atoms with Crippen LogP contribution in [0.3, 0.4) is 0 Å². The monoisotopic (exact) mass is 276 g/mol. The third kappa shape index (κ3) is 1.15. The number of rotatable bonds is 0. The predicted molar refractivity (Wildman–Crippen MR) is 48.9 cm³/mol. The van der Waals surface area contributed by atoms with E-state index < -0.39 is 0 Å². The first kappa shape index (κ1) is 7.47. The van der Waals surface area contributed by atoms with Gasteiger partial charge in [0.25, 0.3) is 0 Å². The van der Waals surface area contributed by atoms with Gasteiger partial charge in [0, 0.05) is 0 Å². The molecule has 0 atom stereocenters. The molecule has 2 rings (SSSR count). The Morgan fingerprint density at radius 1 is 1.27 bits per heavy atom. The van der Waals surface area contributed by atoms with Gasteiger partial charge in [0.15, 0.2) is 0 Å². The van der Waals surface area contributed by atoms with Crippen molar-refractivity contribution in [1.82, 2.24) is 7.96 Å². The van der Waals surface area contributed by atoms with Crippen molar-refractivity contribution < 1.29 is 0 Å². The van der Waals surface area contributed by atoms with Crippen LogP contribution in [0.25, 0.3) is 11.0 Å². The molecule has 0 bridgehead atoms. The summed E-state index contributed by atoms with van der Waals surface area (Å²) in [5.74, 6) is 0. The molecule has 0 saturated heterocycles. The number of fused-ring (bicyclic) bond motifs is 1. The normalized spacial score (nSPS) is 10.7. The van der Waals surface area contributed by atoms with E-state index in [1.54, 1.807) is 0 Å². The maximum absolute atomic E-state index is 4.33. The van der Waals surface area contributed by atoms with E-state index in [9.17, 15) is 0 Å². The van der Waals surface area contributed by atoms with Crippen molar-refractivity contribution in [2.45, 2.75) is 6.92 Å². The topological polar surface area (TPSA) is 25.8 Å². The van der Waals surface area contributed by atoms with E-state index in [2.05, 4.69) is 36.9 Å². The first-order valence-electron chi connectivity index (χ1n) is 3.16. The maximum atomic E-state index is 4.33. The Hall–Kier alpha value is -0.181. The van der Waals surface area contributed by atoms with Gasteiger partial charge in [0.1, 0.15) is 0 Å². The Morgan fingerprint density at radius 3 is 2.73 bits per heavy atom. The van der Waals surface area contributed by atoms with Crippen molar-refractivity contribution in [2.24, 2.45) is 0 Å². The SMILES string of the molecule is Cc1ccc(Br)c2n[se]nc12. The zero-order valence-electron chi connectivity index (χ0n) is 5.84. The van der Waals surface area contributed by atoms with Crippen molar-refractivity contribution in [1.29, 1.82) is 0 Å². The molecule has 0 saturated carbocycles. The quantitative estimate of drug-likeness (QED) is 0.685.